The van der Waals surface area contributed by atoms with Crippen molar-refractivity contribution in [2.75, 3.05) is 13.1 Å². The van der Waals surface area contributed by atoms with Crippen LogP contribution < -0.4 is 0 Å². The highest BCUT2D eigenvalue weighted by Gasteiger charge is 2.30. The molecule has 1 atom stereocenters. The van der Waals surface area contributed by atoms with Crippen LogP contribution in [0.2, 0.25) is 0 Å². The van der Waals surface area contributed by atoms with Gasteiger partial charge in [-0.2, -0.15) is 0 Å². The molecule has 3 rings (SSSR count). The summed E-state index contributed by atoms with van der Waals surface area (Å²) in [5, 5.41) is 8.76. The van der Waals surface area contributed by atoms with Crippen molar-refractivity contribution >= 4 is 5.97 Å². The van der Waals surface area contributed by atoms with E-state index in [1.165, 1.54) is 19.3 Å². The summed E-state index contributed by atoms with van der Waals surface area (Å²) in [6.45, 7) is 2.26. The predicted molar refractivity (Wildman–Crippen MR) is 49.6 cm³/mol. The molecule has 3 saturated heterocycles. The first-order valence-electron chi connectivity index (χ1n) is 5.21. The van der Waals surface area contributed by atoms with Gasteiger partial charge in [-0.25, -0.2) is 0 Å². The molecule has 3 nitrogen and oxygen atoms in total. The Hall–Kier alpha value is -0.570. The zero-order valence-electron chi connectivity index (χ0n) is 7.91. The summed E-state index contributed by atoms with van der Waals surface area (Å²) in [4.78, 5) is 13.0. The zero-order valence-corrected chi connectivity index (χ0v) is 7.91. The molecule has 3 heterocycles. The van der Waals surface area contributed by atoms with Gasteiger partial charge in [0.05, 0.1) is 6.42 Å². The lowest BCUT2D eigenvalue weighted by Crippen LogP contribution is -2.38. The molecule has 3 heteroatoms. The number of rotatable bonds is 2. The van der Waals surface area contributed by atoms with Gasteiger partial charge in [-0.1, -0.05) is 0 Å². The Balaban J connectivity index is 1.98. The van der Waals surface area contributed by atoms with Crippen LogP contribution in [0.1, 0.15) is 32.1 Å². The molecule has 3 aliphatic heterocycles. The molecule has 1 N–H and O–H groups in total. The average molecular weight is 183 g/mol. The summed E-state index contributed by atoms with van der Waals surface area (Å²) in [6.07, 6.45) is 5.25. The highest BCUT2D eigenvalue weighted by molar-refractivity contribution is 5.67. The molecule has 0 aromatic rings. The summed E-state index contributed by atoms with van der Waals surface area (Å²) >= 11 is 0. The quantitative estimate of drug-likeness (QED) is 0.702. The second-order valence-electron chi connectivity index (χ2n) is 4.31. The van der Waals surface area contributed by atoms with Gasteiger partial charge in [-0.3, -0.25) is 9.69 Å². The molecule has 3 aliphatic rings. The average Bonchev–Trinajstić information content (AvgIpc) is 2.39. The van der Waals surface area contributed by atoms with Crippen molar-refractivity contribution < 1.29 is 9.90 Å². The lowest BCUT2D eigenvalue weighted by molar-refractivity contribution is -0.138. The van der Waals surface area contributed by atoms with Crippen LogP contribution in [0.15, 0.2) is 0 Å². The number of piperidine rings is 1. The minimum absolute atomic E-state index is 0.324. The van der Waals surface area contributed by atoms with E-state index in [1.807, 2.05) is 0 Å². The fraction of sp³-hybridized carbons (Fsp3) is 0.900. The first-order chi connectivity index (χ1) is 6.25. The SMILES string of the molecule is O=C(O)CC1CCC2CCN1CC2. The van der Waals surface area contributed by atoms with Crippen molar-refractivity contribution in [1.82, 2.24) is 4.90 Å². The Kier molecular flexibility index (Phi) is 2.54. The van der Waals surface area contributed by atoms with Gasteiger partial charge in [0.2, 0.25) is 0 Å². The molecule has 13 heavy (non-hydrogen) atoms. The van der Waals surface area contributed by atoms with Crippen LogP contribution in [0, 0.1) is 5.92 Å². The molecule has 3 fully saturated rings. The van der Waals surface area contributed by atoms with Crippen LogP contribution in [-0.2, 0) is 4.79 Å². The third-order valence-electron chi connectivity index (χ3n) is 3.48. The van der Waals surface area contributed by atoms with Crippen molar-refractivity contribution in [2.24, 2.45) is 5.92 Å². The van der Waals surface area contributed by atoms with Gasteiger partial charge in [-0.05, 0) is 44.7 Å². The van der Waals surface area contributed by atoms with Gasteiger partial charge in [0.25, 0.3) is 0 Å². The highest BCUT2D eigenvalue weighted by atomic mass is 16.4. The first kappa shape index (κ1) is 9.00. The first-order valence-corrected chi connectivity index (χ1v) is 5.21. The summed E-state index contributed by atoms with van der Waals surface area (Å²) in [6, 6.07) is 0.324. The van der Waals surface area contributed by atoms with Crippen LogP contribution in [0.25, 0.3) is 0 Å². The monoisotopic (exact) mass is 183 g/mol. The van der Waals surface area contributed by atoms with E-state index in [1.54, 1.807) is 0 Å². The molecule has 0 saturated carbocycles. The Morgan fingerprint density at radius 1 is 1.23 bits per heavy atom. The van der Waals surface area contributed by atoms with Crippen molar-refractivity contribution in [3.05, 3.63) is 0 Å². The number of hydrogen-bond acceptors (Lipinski definition) is 2. The van der Waals surface area contributed by atoms with Gasteiger partial charge in [-0.15, -0.1) is 0 Å². The Morgan fingerprint density at radius 2 is 1.92 bits per heavy atom. The molecule has 0 aliphatic carbocycles. The number of carboxylic acid groups (broad SMARTS) is 1. The fourth-order valence-electron chi connectivity index (χ4n) is 2.65. The van der Waals surface area contributed by atoms with E-state index in [9.17, 15) is 4.79 Å². The molecule has 0 radical (unpaired) electrons. The molecule has 1 unspecified atom stereocenters. The van der Waals surface area contributed by atoms with Crippen molar-refractivity contribution in [2.45, 2.75) is 38.1 Å². The largest absolute Gasteiger partial charge is 0.481 e. The van der Waals surface area contributed by atoms with Gasteiger partial charge in [0.1, 0.15) is 0 Å². The lowest BCUT2D eigenvalue weighted by Gasteiger charge is -2.31. The molecule has 0 aromatic heterocycles. The maximum atomic E-state index is 10.6. The van der Waals surface area contributed by atoms with E-state index in [4.69, 9.17) is 5.11 Å². The third-order valence-corrected chi connectivity index (χ3v) is 3.48. The van der Waals surface area contributed by atoms with Gasteiger partial charge >= 0.3 is 5.97 Å². The Labute approximate surface area is 78.7 Å². The topological polar surface area (TPSA) is 40.5 Å². The van der Waals surface area contributed by atoms with Crippen LogP contribution in [0.4, 0.5) is 0 Å². The maximum Gasteiger partial charge on any atom is 0.304 e. The highest BCUT2D eigenvalue weighted by Crippen LogP contribution is 2.31. The number of carbonyl (C=O) groups is 1. The molecule has 74 valence electrons. The van der Waals surface area contributed by atoms with Gasteiger partial charge < -0.3 is 5.11 Å². The van der Waals surface area contributed by atoms with Crippen LogP contribution in [-0.4, -0.2) is 35.1 Å². The fourth-order valence-corrected chi connectivity index (χ4v) is 2.65. The number of carboxylic acids is 1. The number of fused-ring (bicyclic) bond motifs is 4. The number of hydrogen-bond donors (Lipinski definition) is 1. The van der Waals surface area contributed by atoms with Crippen LogP contribution in [0.3, 0.4) is 0 Å². The van der Waals surface area contributed by atoms with Crippen LogP contribution >= 0.6 is 0 Å². The smallest absolute Gasteiger partial charge is 0.304 e. The third kappa shape index (κ3) is 2.02. The second-order valence-corrected chi connectivity index (χ2v) is 4.31. The lowest BCUT2D eigenvalue weighted by atomic mass is 9.95. The maximum absolute atomic E-state index is 10.6. The van der Waals surface area contributed by atoms with E-state index in [2.05, 4.69) is 4.90 Å². The minimum Gasteiger partial charge on any atom is -0.481 e. The molecular formula is C10H17NO2. The number of aliphatic carboxylic acids is 1. The van der Waals surface area contributed by atoms with E-state index < -0.39 is 5.97 Å². The van der Waals surface area contributed by atoms with E-state index in [0.29, 0.717) is 12.5 Å². The normalized spacial score (nSPS) is 38.6. The standard InChI is InChI=1S/C10H17NO2/c12-10(13)7-9-2-1-8-3-5-11(9)6-4-8/h8-9H,1-7H2,(H,12,13). The molecule has 0 amide bonds. The molecule has 0 spiro atoms. The van der Waals surface area contributed by atoms with E-state index in [0.717, 1.165) is 25.4 Å². The minimum atomic E-state index is -0.643. The van der Waals surface area contributed by atoms with Crippen molar-refractivity contribution in [3.63, 3.8) is 0 Å². The van der Waals surface area contributed by atoms with Crippen LogP contribution in [0.5, 0.6) is 0 Å². The van der Waals surface area contributed by atoms with Gasteiger partial charge in [0, 0.05) is 6.04 Å². The Morgan fingerprint density at radius 3 is 2.54 bits per heavy atom. The molecule has 2 bridgehead atoms. The molecule has 0 aromatic carbocycles. The number of nitrogens with zero attached hydrogens (tertiary/aromatic N) is 1. The van der Waals surface area contributed by atoms with Gasteiger partial charge in [0.15, 0.2) is 0 Å². The van der Waals surface area contributed by atoms with E-state index >= 15 is 0 Å². The Bertz CT molecular complexity index is 197. The predicted octanol–water partition coefficient (Wildman–Crippen LogP) is 1.34. The zero-order chi connectivity index (χ0) is 9.26. The summed E-state index contributed by atoms with van der Waals surface area (Å²) < 4.78 is 0. The summed E-state index contributed by atoms with van der Waals surface area (Å²) in [5.41, 5.74) is 0. The van der Waals surface area contributed by atoms with E-state index in [-0.39, 0.29) is 0 Å². The second kappa shape index (κ2) is 3.66. The van der Waals surface area contributed by atoms with Crippen molar-refractivity contribution in [1.29, 1.82) is 0 Å². The summed E-state index contributed by atoms with van der Waals surface area (Å²) in [5.74, 6) is 0.241. The molecular weight excluding hydrogens is 166 g/mol. The summed E-state index contributed by atoms with van der Waals surface area (Å²) in [7, 11) is 0. The van der Waals surface area contributed by atoms with Crippen molar-refractivity contribution in [3.8, 4) is 0 Å².